The van der Waals surface area contributed by atoms with Gasteiger partial charge >= 0.3 is 0 Å². The quantitative estimate of drug-likeness (QED) is 0.844. The summed E-state index contributed by atoms with van der Waals surface area (Å²) in [7, 11) is 4.18. The first-order chi connectivity index (χ1) is 10.1. The van der Waals surface area contributed by atoms with Gasteiger partial charge in [0, 0.05) is 22.7 Å². The van der Waals surface area contributed by atoms with Crippen molar-refractivity contribution in [3.63, 3.8) is 0 Å². The summed E-state index contributed by atoms with van der Waals surface area (Å²) in [6, 6.07) is 16.8. The van der Waals surface area contributed by atoms with Crippen LogP contribution in [-0.4, -0.2) is 37.3 Å². The van der Waals surface area contributed by atoms with Gasteiger partial charge in [-0.25, -0.2) is 0 Å². The van der Waals surface area contributed by atoms with Gasteiger partial charge in [-0.1, -0.05) is 48.0 Å². The number of halogens is 1. The highest BCUT2D eigenvalue weighted by Crippen LogP contribution is 2.26. The maximum Gasteiger partial charge on any atom is 0.0726 e. The molecule has 0 radical (unpaired) electrons. The smallest absolute Gasteiger partial charge is 0.0726 e. The first-order valence-corrected chi connectivity index (χ1v) is 7.58. The summed E-state index contributed by atoms with van der Waals surface area (Å²) < 4.78 is 0. The lowest BCUT2D eigenvalue weighted by Gasteiger charge is -2.26. The lowest BCUT2D eigenvalue weighted by atomic mass is 9.90. The van der Waals surface area contributed by atoms with Crippen LogP contribution in [0.15, 0.2) is 53.5 Å². The van der Waals surface area contributed by atoms with Crippen LogP contribution in [0.25, 0.3) is 0 Å². The number of nitrogens with zero attached hydrogens (tertiary/aromatic N) is 2. The van der Waals surface area contributed by atoms with E-state index in [1.165, 1.54) is 11.1 Å². The molecule has 3 rings (SSSR count). The van der Waals surface area contributed by atoms with Crippen molar-refractivity contribution in [2.75, 3.05) is 20.6 Å². The lowest BCUT2D eigenvalue weighted by Crippen LogP contribution is -2.31. The first kappa shape index (κ1) is 14.3. The van der Waals surface area contributed by atoms with Crippen LogP contribution in [-0.2, 0) is 6.42 Å². The number of aliphatic imine (C=N–C) groups is 1. The number of hydrogen-bond donors (Lipinski definition) is 0. The average molecular weight is 299 g/mol. The molecule has 0 N–H and O–H groups in total. The van der Waals surface area contributed by atoms with E-state index in [-0.39, 0.29) is 0 Å². The Labute approximate surface area is 131 Å². The molecule has 1 atom stereocenters. The summed E-state index contributed by atoms with van der Waals surface area (Å²) >= 11 is 6.19. The Kier molecular flexibility index (Phi) is 4.09. The number of rotatable bonds is 3. The van der Waals surface area contributed by atoms with E-state index in [0.29, 0.717) is 6.04 Å². The van der Waals surface area contributed by atoms with Crippen molar-refractivity contribution < 1.29 is 0 Å². The van der Waals surface area contributed by atoms with Crippen LogP contribution in [0.1, 0.15) is 16.7 Å². The molecular formula is C18H19ClN2. The van der Waals surface area contributed by atoms with Gasteiger partial charge in [0.25, 0.3) is 0 Å². The maximum absolute atomic E-state index is 6.19. The normalized spacial score (nSPS) is 17.5. The lowest BCUT2D eigenvalue weighted by molar-refractivity contribution is 0.371. The van der Waals surface area contributed by atoms with Gasteiger partial charge in [0.2, 0.25) is 0 Å². The Balaban J connectivity index is 2.08. The monoisotopic (exact) mass is 298 g/mol. The molecule has 0 bridgehead atoms. The molecule has 2 aromatic carbocycles. The highest BCUT2D eigenvalue weighted by atomic mass is 35.5. The van der Waals surface area contributed by atoms with E-state index in [9.17, 15) is 0 Å². The second-order valence-electron chi connectivity index (χ2n) is 5.77. The third-order valence-electron chi connectivity index (χ3n) is 3.72. The van der Waals surface area contributed by atoms with Gasteiger partial charge < -0.3 is 4.90 Å². The average Bonchev–Trinajstić information content (AvgIpc) is 2.47. The molecular weight excluding hydrogens is 280 g/mol. The standard InChI is InChI=1S/C18H19ClN2/c1-21(2)12-16-10-14-8-9-15(19)11-17(14)18(20-16)13-6-4-3-5-7-13/h3-9,11,16H,10,12H2,1-2H3. The van der Waals surface area contributed by atoms with E-state index in [0.717, 1.165) is 29.3 Å². The van der Waals surface area contributed by atoms with Crippen LogP contribution in [0.4, 0.5) is 0 Å². The van der Waals surface area contributed by atoms with Crippen molar-refractivity contribution in [3.05, 3.63) is 70.2 Å². The Bertz CT molecular complexity index is 662. The molecule has 0 amide bonds. The number of hydrogen-bond acceptors (Lipinski definition) is 2. The predicted octanol–water partition coefficient (Wildman–Crippen LogP) is 3.66. The minimum absolute atomic E-state index is 0.295. The minimum Gasteiger partial charge on any atom is -0.307 e. The molecule has 1 heterocycles. The van der Waals surface area contributed by atoms with Crippen LogP contribution >= 0.6 is 11.6 Å². The molecule has 1 aliphatic rings. The fourth-order valence-corrected chi connectivity index (χ4v) is 3.02. The largest absolute Gasteiger partial charge is 0.307 e. The number of fused-ring (bicyclic) bond motifs is 1. The highest BCUT2D eigenvalue weighted by Gasteiger charge is 2.22. The molecule has 3 heteroatoms. The maximum atomic E-state index is 6.19. The Morgan fingerprint density at radius 2 is 1.90 bits per heavy atom. The summed E-state index contributed by atoms with van der Waals surface area (Å²) in [5.41, 5.74) is 4.72. The van der Waals surface area contributed by atoms with E-state index >= 15 is 0 Å². The van der Waals surface area contributed by atoms with Gasteiger partial charge in [-0.2, -0.15) is 0 Å². The highest BCUT2D eigenvalue weighted by molar-refractivity contribution is 6.31. The first-order valence-electron chi connectivity index (χ1n) is 7.20. The van der Waals surface area contributed by atoms with E-state index in [4.69, 9.17) is 16.6 Å². The van der Waals surface area contributed by atoms with Gasteiger partial charge in [0.1, 0.15) is 0 Å². The summed E-state index contributed by atoms with van der Waals surface area (Å²) in [5.74, 6) is 0. The van der Waals surface area contributed by atoms with Crippen molar-refractivity contribution in [2.24, 2.45) is 4.99 Å². The zero-order chi connectivity index (χ0) is 14.8. The molecule has 0 fully saturated rings. The summed E-state index contributed by atoms with van der Waals surface area (Å²) in [6.45, 7) is 0.957. The van der Waals surface area contributed by atoms with Crippen molar-refractivity contribution in [1.82, 2.24) is 4.90 Å². The van der Waals surface area contributed by atoms with Crippen LogP contribution in [0.3, 0.4) is 0 Å². The molecule has 108 valence electrons. The van der Waals surface area contributed by atoms with Crippen LogP contribution < -0.4 is 0 Å². The summed E-state index contributed by atoms with van der Waals surface area (Å²) in [5, 5.41) is 0.767. The van der Waals surface area contributed by atoms with Crippen molar-refractivity contribution >= 4 is 17.3 Å². The Morgan fingerprint density at radius 1 is 1.14 bits per heavy atom. The molecule has 0 aliphatic carbocycles. The second-order valence-corrected chi connectivity index (χ2v) is 6.20. The third-order valence-corrected chi connectivity index (χ3v) is 3.95. The Hall–Kier alpha value is -1.64. The van der Waals surface area contributed by atoms with Gasteiger partial charge in [-0.05, 0) is 38.2 Å². The predicted molar refractivity (Wildman–Crippen MR) is 89.6 cm³/mol. The molecule has 0 saturated carbocycles. The van der Waals surface area contributed by atoms with Gasteiger partial charge in [0.05, 0.1) is 11.8 Å². The van der Waals surface area contributed by atoms with Crippen molar-refractivity contribution in [3.8, 4) is 0 Å². The fourth-order valence-electron chi connectivity index (χ4n) is 2.85. The zero-order valence-corrected chi connectivity index (χ0v) is 13.1. The third kappa shape index (κ3) is 3.17. The number of likely N-dealkylation sites (N-methyl/N-ethyl adjacent to an activating group) is 1. The van der Waals surface area contributed by atoms with Gasteiger partial charge in [-0.3, -0.25) is 4.99 Å². The zero-order valence-electron chi connectivity index (χ0n) is 12.4. The molecule has 21 heavy (non-hydrogen) atoms. The van der Waals surface area contributed by atoms with Gasteiger partial charge in [-0.15, -0.1) is 0 Å². The molecule has 0 aromatic heterocycles. The number of benzene rings is 2. The molecule has 2 nitrogen and oxygen atoms in total. The van der Waals surface area contributed by atoms with Crippen LogP contribution in [0, 0.1) is 0 Å². The van der Waals surface area contributed by atoms with E-state index in [1.807, 2.05) is 18.2 Å². The van der Waals surface area contributed by atoms with Crippen molar-refractivity contribution in [2.45, 2.75) is 12.5 Å². The van der Waals surface area contributed by atoms with E-state index < -0.39 is 0 Å². The minimum atomic E-state index is 0.295. The van der Waals surface area contributed by atoms with Crippen molar-refractivity contribution in [1.29, 1.82) is 0 Å². The molecule has 0 saturated heterocycles. The Morgan fingerprint density at radius 3 is 2.62 bits per heavy atom. The van der Waals surface area contributed by atoms with Crippen LogP contribution in [0.5, 0.6) is 0 Å². The fraction of sp³-hybridized carbons (Fsp3) is 0.278. The topological polar surface area (TPSA) is 15.6 Å². The SMILES string of the molecule is CN(C)CC1Cc2ccc(Cl)cc2C(c2ccccc2)=N1. The summed E-state index contributed by atoms with van der Waals surface area (Å²) in [6.07, 6.45) is 0.973. The molecule has 1 unspecified atom stereocenters. The molecule has 2 aromatic rings. The van der Waals surface area contributed by atoms with E-state index in [2.05, 4.69) is 49.3 Å². The van der Waals surface area contributed by atoms with E-state index in [1.54, 1.807) is 0 Å². The summed E-state index contributed by atoms with van der Waals surface area (Å²) in [4.78, 5) is 7.18. The van der Waals surface area contributed by atoms with Crippen LogP contribution in [0.2, 0.25) is 5.02 Å². The molecule has 1 aliphatic heterocycles. The molecule has 0 spiro atoms. The van der Waals surface area contributed by atoms with Gasteiger partial charge in [0.15, 0.2) is 0 Å². The second kappa shape index (κ2) is 6.00.